The zero-order chi connectivity index (χ0) is 17.8. The molecule has 1 aromatic heterocycles. The van der Waals surface area contributed by atoms with Gasteiger partial charge in [0.2, 0.25) is 0 Å². The summed E-state index contributed by atoms with van der Waals surface area (Å²) in [5, 5.41) is 3.04. The Labute approximate surface area is 153 Å². The molecule has 1 N–H and O–H groups in total. The summed E-state index contributed by atoms with van der Waals surface area (Å²) in [6.07, 6.45) is 2.81. The van der Waals surface area contributed by atoms with Gasteiger partial charge in [-0.3, -0.25) is 0 Å². The molecule has 1 saturated heterocycles. The molecule has 1 atom stereocenters. The van der Waals surface area contributed by atoms with E-state index in [9.17, 15) is 4.79 Å². The predicted octanol–water partition coefficient (Wildman–Crippen LogP) is 3.96. The minimum absolute atomic E-state index is 0.00161. The fraction of sp³-hybridized carbons (Fsp3) is 0.333. The average Bonchev–Trinajstić information content (AvgIpc) is 3.13. The molecule has 0 unspecified atom stereocenters. The zero-order valence-corrected chi connectivity index (χ0v) is 14.7. The smallest absolute Gasteiger partial charge is 0.317 e. The third-order valence-electron chi connectivity index (χ3n) is 4.90. The van der Waals surface area contributed by atoms with E-state index in [1.165, 1.54) is 5.56 Å². The Morgan fingerprint density at radius 3 is 2.81 bits per heavy atom. The van der Waals surface area contributed by atoms with Crippen LogP contribution >= 0.6 is 0 Å². The maximum absolute atomic E-state index is 12.5. The van der Waals surface area contributed by atoms with Crippen molar-refractivity contribution >= 4 is 17.1 Å². The number of nitrogens with zero attached hydrogens (tertiary/aromatic N) is 2. The molecule has 1 fully saturated rings. The molecule has 1 aliphatic heterocycles. The minimum atomic E-state index is 0.00161. The number of amides is 2. The molecule has 5 heteroatoms. The van der Waals surface area contributed by atoms with Crippen molar-refractivity contribution in [1.29, 1.82) is 0 Å². The summed E-state index contributed by atoms with van der Waals surface area (Å²) in [6, 6.07) is 18.0. The van der Waals surface area contributed by atoms with Crippen LogP contribution in [0.15, 0.2) is 59.0 Å². The van der Waals surface area contributed by atoms with Crippen molar-refractivity contribution in [3.8, 4) is 0 Å². The van der Waals surface area contributed by atoms with Gasteiger partial charge in [-0.15, -0.1) is 0 Å². The highest BCUT2D eigenvalue weighted by atomic mass is 16.3. The highest BCUT2D eigenvalue weighted by Gasteiger charge is 2.27. The number of fused-ring (bicyclic) bond motifs is 1. The number of benzene rings is 2. The lowest BCUT2D eigenvalue weighted by molar-refractivity contribution is 0.175. The van der Waals surface area contributed by atoms with Crippen LogP contribution in [0.2, 0.25) is 0 Å². The van der Waals surface area contributed by atoms with E-state index < -0.39 is 0 Å². The number of nitrogens with one attached hydrogen (secondary N) is 1. The van der Waals surface area contributed by atoms with E-state index in [0.29, 0.717) is 13.1 Å². The van der Waals surface area contributed by atoms with Gasteiger partial charge in [-0.25, -0.2) is 9.78 Å². The number of hydrogen-bond acceptors (Lipinski definition) is 3. The van der Waals surface area contributed by atoms with Crippen LogP contribution in [0.4, 0.5) is 4.79 Å². The molecule has 2 amide bonds. The first-order valence-electron chi connectivity index (χ1n) is 9.22. The summed E-state index contributed by atoms with van der Waals surface area (Å²) in [5.41, 5.74) is 2.93. The van der Waals surface area contributed by atoms with Crippen LogP contribution in [0.3, 0.4) is 0 Å². The Kier molecular flexibility index (Phi) is 4.86. The molecule has 0 bridgehead atoms. The molecule has 26 heavy (non-hydrogen) atoms. The van der Waals surface area contributed by atoms with Crippen molar-refractivity contribution in [3.05, 3.63) is 66.1 Å². The number of hydrogen-bond donors (Lipinski definition) is 1. The van der Waals surface area contributed by atoms with Gasteiger partial charge in [-0.1, -0.05) is 42.5 Å². The number of oxazole rings is 1. The Bertz CT molecular complexity index is 842. The van der Waals surface area contributed by atoms with E-state index >= 15 is 0 Å². The molecular formula is C21H23N3O2. The van der Waals surface area contributed by atoms with Crippen molar-refractivity contribution in [2.24, 2.45) is 0 Å². The van der Waals surface area contributed by atoms with Gasteiger partial charge < -0.3 is 14.6 Å². The largest absolute Gasteiger partial charge is 0.440 e. The molecule has 134 valence electrons. The fourth-order valence-corrected chi connectivity index (χ4v) is 3.50. The van der Waals surface area contributed by atoms with E-state index in [1.807, 2.05) is 47.4 Å². The van der Waals surface area contributed by atoms with Crippen LogP contribution in [-0.4, -0.2) is 35.5 Å². The summed E-state index contributed by atoms with van der Waals surface area (Å²) in [6.45, 7) is 2.09. The SMILES string of the molecule is O=C(NCCc1ccccc1)N1CCC[C@H](c2nc3ccccc3o2)C1. The van der Waals surface area contributed by atoms with Crippen LogP contribution in [0.1, 0.15) is 30.2 Å². The normalized spacial score (nSPS) is 17.4. The summed E-state index contributed by atoms with van der Waals surface area (Å²) < 4.78 is 5.91. The second-order valence-corrected chi connectivity index (χ2v) is 6.77. The maximum atomic E-state index is 12.5. The first-order chi connectivity index (χ1) is 12.8. The monoisotopic (exact) mass is 349 g/mol. The maximum Gasteiger partial charge on any atom is 0.317 e. The molecule has 2 aromatic carbocycles. The Morgan fingerprint density at radius 2 is 1.96 bits per heavy atom. The van der Waals surface area contributed by atoms with Crippen molar-refractivity contribution in [2.45, 2.75) is 25.2 Å². The van der Waals surface area contributed by atoms with Gasteiger partial charge in [-0.2, -0.15) is 0 Å². The number of carbonyl (C=O) groups excluding carboxylic acids is 1. The number of aromatic nitrogens is 1. The number of urea groups is 1. The van der Waals surface area contributed by atoms with E-state index in [0.717, 1.165) is 42.8 Å². The minimum Gasteiger partial charge on any atom is -0.440 e. The summed E-state index contributed by atoms with van der Waals surface area (Å²) in [5.74, 6) is 0.906. The molecule has 1 aliphatic rings. The fourth-order valence-electron chi connectivity index (χ4n) is 3.50. The number of rotatable bonds is 4. The molecule has 2 heterocycles. The molecular weight excluding hydrogens is 326 g/mol. The van der Waals surface area contributed by atoms with Crippen molar-refractivity contribution in [2.75, 3.05) is 19.6 Å². The van der Waals surface area contributed by atoms with E-state index in [4.69, 9.17) is 4.42 Å². The molecule has 5 nitrogen and oxygen atoms in total. The molecule has 3 aromatic rings. The Hall–Kier alpha value is -2.82. The van der Waals surface area contributed by atoms with Crippen molar-refractivity contribution < 1.29 is 9.21 Å². The Morgan fingerprint density at radius 1 is 1.15 bits per heavy atom. The molecule has 4 rings (SSSR count). The number of carbonyl (C=O) groups is 1. The molecule has 0 radical (unpaired) electrons. The predicted molar refractivity (Wildman–Crippen MR) is 101 cm³/mol. The molecule has 0 aliphatic carbocycles. The number of piperidine rings is 1. The topological polar surface area (TPSA) is 58.4 Å². The van der Waals surface area contributed by atoms with Gasteiger partial charge in [0.15, 0.2) is 11.5 Å². The number of para-hydroxylation sites is 2. The third kappa shape index (κ3) is 3.72. The van der Waals surface area contributed by atoms with Gasteiger partial charge in [0.1, 0.15) is 5.52 Å². The summed E-state index contributed by atoms with van der Waals surface area (Å²) >= 11 is 0. The lowest BCUT2D eigenvalue weighted by atomic mass is 9.98. The van der Waals surface area contributed by atoms with E-state index in [-0.39, 0.29) is 11.9 Å². The number of likely N-dealkylation sites (tertiary alicyclic amines) is 1. The quantitative estimate of drug-likeness (QED) is 0.776. The lowest BCUT2D eigenvalue weighted by Gasteiger charge is -2.31. The van der Waals surface area contributed by atoms with Crippen LogP contribution in [0.5, 0.6) is 0 Å². The van der Waals surface area contributed by atoms with Crippen molar-refractivity contribution in [3.63, 3.8) is 0 Å². The van der Waals surface area contributed by atoms with Crippen LogP contribution < -0.4 is 5.32 Å². The van der Waals surface area contributed by atoms with E-state index in [1.54, 1.807) is 0 Å². The average molecular weight is 349 g/mol. The zero-order valence-electron chi connectivity index (χ0n) is 14.7. The lowest BCUT2D eigenvalue weighted by Crippen LogP contribution is -2.45. The molecule has 0 saturated carbocycles. The van der Waals surface area contributed by atoms with Gasteiger partial charge >= 0.3 is 6.03 Å². The third-order valence-corrected chi connectivity index (χ3v) is 4.90. The van der Waals surface area contributed by atoms with Crippen LogP contribution in [0, 0.1) is 0 Å². The second kappa shape index (κ2) is 7.60. The van der Waals surface area contributed by atoms with Gasteiger partial charge in [-0.05, 0) is 37.0 Å². The van der Waals surface area contributed by atoms with Crippen LogP contribution in [-0.2, 0) is 6.42 Å². The van der Waals surface area contributed by atoms with Gasteiger partial charge in [0.25, 0.3) is 0 Å². The Balaban J connectivity index is 1.34. The summed E-state index contributed by atoms with van der Waals surface area (Å²) in [7, 11) is 0. The second-order valence-electron chi connectivity index (χ2n) is 6.77. The van der Waals surface area contributed by atoms with Gasteiger partial charge in [0.05, 0.1) is 5.92 Å². The molecule has 0 spiro atoms. The standard InChI is InChI=1S/C21H23N3O2/c25-21(22-13-12-16-7-2-1-3-8-16)24-14-6-9-17(15-24)20-23-18-10-4-5-11-19(18)26-20/h1-5,7-8,10-11,17H,6,9,12-15H2,(H,22,25)/t17-/m0/s1. The summed E-state index contributed by atoms with van der Waals surface area (Å²) in [4.78, 5) is 19.0. The highest BCUT2D eigenvalue weighted by Crippen LogP contribution is 2.28. The highest BCUT2D eigenvalue weighted by molar-refractivity contribution is 5.74. The van der Waals surface area contributed by atoms with Crippen molar-refractivity contribution in [1.82, 2.24) is 15.2 Å². The first kappa shape index (κ1) is 16.6. The first-order valence-corrected chi connectivity index (χ1v) is 9.22. The van der Waals surface area contributed by atoms with Crippen LogP contribution in [0.25, 0.3) is 11.1 Å². The van der Waals surface area contributed by atoms with Gasteiger partial charge in [0, 0.05) is 19.6 Å². The van der Waals surface area contributed by atoms with E-state index in [2.05, 4.69) is 22.4 Å².